The molecule has 0 unspecified atom stereocenters. The lowest BCUT2D eigenvalue weighted by molar-refractivity contribution is -0.124. The lowest BCUT2D eigenvalue weighted by Gasteiger charge is -2.21. The number of imide groups is 1. The van der Waals surface area contributed by atoms with Crippen molar-refractivity contribution in [3.63, 3.8) is 0 Å². The smallest absolute Gasteiger partial charge is 0.332 e. The van der Waals surface area contributed by atoms with Gasteiger partial charge in [-0.05, 0) is 54.3 Å². The van der Waals surface area contributed by atoms with Gasteiger partial charge in [0.2, 0.25) is 5.91 Å². The van der Waals surface area contributed by atoms with Crippen LogP contribution >= 0.6 is 11.3 Å². The van der Waals surface area contributed by atoms with Gasteiger partial charge in [-0.3, -0.25) is 9.59 Å². The van der Waals surface area contributed by atoms with E-state index in [1.54, 1.807) is 67.0 Å². The molecule has 0 spiro atoms. The Morgan fingerprint density at radius 3 is 2.44 bits per heavy atom. The highest BCUT2D eigenvalue weighted by Crippen LogP contribution is 2.27. The molecule has 4 rings (SSSR count). The summed E-state index contributed by atoms with van der Waals surface area (Å²) < 4.78 is 5.13. The molecule has 1 atom stereocenters. The number of carbonyl (C=O) groups excluding carboxylic acids is 3. The van der Waals surface area contributed by atoms with Gasteiger partial charge in [0.25, 0.3) is 5.91 Å². The van der Waals surface area contributed by atoms with E-state index in [4.69, 9.17) is 4.74 Å². The van der Waals surface area contributed by atoms with Crippen LogP contribution in [0.1, 0.15) is 11.3 Å². The fraction of sp³-hybridized carbons (Fsp3) is 0.208. The first kappa shape index (κ1) is 21.6. The molecule has 0 aliphatic carbocycles. The number of nitrogens with zero attached hydrogens (tertiary/aromatic N) is 2. The van der Waals surface area contributed by atoms with E-state index in [0.29, 0.717) is 30.1 Å². The zero-order valence-electron chi connectivity index (χ0n) is 17.6. The van der Waals surface area contributed by atoms with Crippen molar-refractivity contribution in [3.05, 3.63) is 77.0 Å². The molecule has 4 amide bonds. The summed E-state index contributed by atoms with van der Waals surface area (Å²) in [6.07, 6.45) is 0.500. The number of carbonyl (C=O) groups is 3. The summed E-state index contributed by atoms with van der Waals surface area (Å²) in [7, 11) is 1.57. The molecule has 0 saturated carbocycles. The predicted octanol–water partition coefficient (Wildman–Crippen LogP) is 4.17. The molecule has 7 nitrogen and oxygen atoms in total. The van der Waals surface area contributed by atoms with Gasteiger partial charge in [-0.2, -0.15) is 0 Å². The van der Waals surface area contributed by atoms with Crippen LogP contribution in [0.3, 0.4) is 0 Å². The summed E-state index contributed by atoms with van der Waals surface area (Å²) in [5, 5.41) is 4.77. The Morgan fingerprint density at radius 1 is 1.03 bits per heavy atom. The van der Waals surface area contributed by atoms with Crippen molar-refractivity contribution in [1.82, 2.24) is 4.90 Å². The molecule has 1 saturated heterocycles. The number of nitrogens with one attached hydrogen (secondary N) is 1. The topological polar surface area (TPSA) is 79.0 Å². The number of hydrogen-bond acceptors (Lipinski definition) is 5. The van der Waals surface area contributed by atoms with Gasteiger partial charge < -0.3 is 15.0 Å². The van der Waals surface area contributed by atoms with Crippen molar-refractivity contribution in [2.75, 3.05) is 23.9 Å². The number of ether oxygens (including phenoxy) is 1. The third-order valence-corrected chi connectivity index (χ3v) is 6.20. The minimum Gasteiger partial charge on any atom is -0.497 e. The molecule has 1 aromatic heterocycles. The standard InChI is InChI=1S/C24H23N3O4S/c1-31-19-11-9-17(10-12-19)25-22(28)16-21-23(29)27(18-6-3-2-4-7-18)24(30)26(21)14-13-20-8-5-15-32-20/h2-12,15,21H,13-14,16H2,1H3,(H,25,28)/t21-/m0/s1. The highest BCUT2D eigenvalue weighted by atomic mass is 32.1. The summed E-state index contributed by atoms with van der Waals surface area (Å²) in [6, 6.07) is 18.4. The molecule has 1 fully saturated rings. The van der Waals surface area contributed by atoms with E-state index in [9.17, 15) is 14.4 Å². The zero-order valence-corrected chi connectivity index (χ0v) is 18.4. The van der Waals surface area contributed by atoms with Crippen LogP contribution in [0.4, 0.5) is 16.2 Å². The maximum absolute atomic E-state index is 13.2. The maximum Gasteiger partial charge on any atom is 0.332 e. The minimum atomic E-state index is -0.860. The molecule has 1 N–H and O–H groups in total. The second-order valence-electron chi connectivity index (χ2n) is 7.31. The van der Waals surface area contributed by atoms with Crippen LogP contribution in [0.2, 0.25) is 0 Å². The Bertz CT molecular complexity index is 1080. The molecule has 1 aliphatic heterocycles. The molecule has 2 aromatic carbocycles. The molecular weight excluding hydrogens is 426 g/mol. The average molecular weight is 450 g/mol. The number of para-hydroxylation sites is 1. The van der Waals surface area contributed by atoms with Gasteiger partial charge in [0.05, 0.1) is 19.2 Å². The summed E-state index contributed by atoms with van der Waals surface area (Å²) in [5.74, 6) is -0.0487. The number of hydrogen-bond donors (Lipinski definition) is 1. The van der Waals surface area contributed by atoms with Crippen LogP contribution in [0.15, 0.2) is 72.1 Å². The summed E-state index contributed by atoms with van der Waals surface area (Å²) in [5.41, 5.74) is 1.10. The molecule has 0 radical (unpaired) electrons. The molecule has 2 heterocycles. The van der Waals surface area contributed by atoms with Crippen molar-refractivity contribution in [1.29, 1.82) is 0 Å². The summed E-state index contributed by atoms with van der Waals surface area (Å²) in [4.78, 5) is 42.9. The molecule has 8 heteroatoms. The largest absolute Gasteiger partial charge is 0.497 e. The first-order valence-electron chi connectivity index (χ1n) is 10.2. The van der Waals surface area contributed by atoms with E-state index in [-0.39, 0.29) is 12.3 Å². The predicted molar refractivity (Wildman–Crippen MR) is 124 cm³/mol. The Morgan fingerprint density at radius 2 is 1.78 bits per heavy atom. The van der Waals surface area contributed by atoms with Crippen molar-refractivity contribution < 1.29 is 19.1 Å². The Kier molecular flexibility index (Phi) is 6.51. The van der Waals surface area contributed by atoms with E-state index in [1.165, 1.54) is 9.80 Å². The summed E-state index contributed by atoms with van der Waals surface area (Å²) >= 11 is 1.60. The lowest BCUT2D eigenvalue weighted by atomic mass is 10.1. The number of methoxy groups -OCH3 is 1. The average Bonchev–Trinajstić information content (AvgIpc) is 3.40. The molecular formula is C24H23N3O4S. The zero-order chi connectivity index (χ0) is 22.5. The number of thiophene rings is 1. The number of amides is 4. The van der Waals surface area contributed by atoms with Crippen LogP contribution in [0.25, 0.3) is 0 Å². The van der Waals surface area contributed by atoms with Crippen molar-refractivity contribution in [2.24, 2.45) is 0 Å². The summed E-state index contributed by atoms with van der Waals surface area (Å²) in [6.45, 7) is 0.356. The lowest BCUT2D eigenvalue weighted by Crippen LogP contribution is -2.39. The van der Waals surface area contributed by atoms with Gasteiger partial charge in [-0.25, -0.2) is 9.69 Å². The van der Waals surface area contributed by atoms with E-state index in [1.807, 2.05) is 23.6 Å². The SMILES string of the molecule is COc1ccc(NC(=O)C[C@H]2C(=O)N(c3ccccc3)C(=O)N2CCc2cccs2)cc1. The van der Waals surface area contributed by atoms with Gasteiger partial charge in [-0.1, -0.05) is 24.3 Å². The molecule has 1 aliphatic rings. The first-order chi connectivity index (χ1) is 15.6. The van der Waals surface area contributed by atoms with E-state index in [0.717, 1.165) is 4.88 Å². The number of urea groups is 1. The Labute approximate surface area is 190 Å². The van der Waals surface area contributed by atoms with E-state index >= 15 is 0 Å². The number of anilines is 2. The van der Waals surface area contributed by atoms with Gasteiger partial charge in [-0.15, -0.1) is 11.3 Å². The van der Waals surface area contributed by atoms with Crippen LogP contribution in [-0.2, 0) is 16.0 Å². The van der Waals surface area contributed by atoms with Gasteiger partial charge >= 0.3 is 6.03 Å². The highest BCUT2D eigenvalue weighted by molar-refractivity contribution is 7.09. The third-order valence-electron chi connectivity index (χ3n) is 5.26. The normalized spacial score (nSPS) is 15.8. The quantitative estimate of drug-likeness (QED) is 0.524. The first-order valence-corrected chi connectivity index (χ1v) is 11.1. The van der Waals surface area contributed by atoms with Crippen LogP contribution in [0, 0.1) is 0 Å². The van der Waals surface area contributed by atoms with Crippen LogP contribution < -0.4 is 15.0 Å². The van der Waals surface area contributed by atoms with Crippen molar-refractivity contribution in [2.45, 2.75) is 18.9 Å². The monoisotopic (exact) mass is 449 g/mol. The van der Waals surface area contributed by atoms with Gasteiger partial charge in [0, 0.05) is 17.1 Å². The fourth-order valence-corrected chi connectivity index (χ4v) is 4.35. The second-order valence-corrected chi connectivity index (χ2v) is 8.34. The third kappa shape index (κ3) is 4.65. The van der Waals surface area contributed by atoms with E-state index in [2.05, 4.69) is 5.32 Å². The second kappa shape index (κ2) is 9.65. The Hall–Kier alpha value is -3.65. The molecule has 0 bridgehead atoms. The molecule has 3 aromatic rings. The highest BCUT2D eigenvalue weighted by Gasteiger charge is 2.46. The van der Waals surface area contributed by atoms with Gasteiger partial charge in [0.15, 0.2) is 0 Å². The van der Waals surface area contributed by atoms with Gasteiger partial charge in [0.1, 0.15) is 11.8 Å². The molecule has 164 valence electrons. The minimum absolute atomic E-state index is 0.121. The van der Waals surface area contributed by atoms with E-state index < -0.39 is 18.0 Å². The maximum atomic E-state index is 13.2. The van der Waals surface area contributed by atoms with Crippen LogP contribution in [-0.4, -0.2) is 42.4 Å². The molecule has 32 heavy (non-hydrogen) atoms. The van der Waals surface area contributed by atoms with Crippen LogP contribution in [0.5, 0.6) is 5.75 Å². The number of benzene rings is 2. The Balaban J connectivity index is 1.52. The van der Waals surface area contributed by atoms with Crippen molar-refractivity contribution in [3.8, 4) is 5.75 Å². The van der Waals surface area contributed by atoms with Crippen molar-refractivity contribution >= 4 is 40.6 Å². The number of rotatable bonds is 8. The fourth-order valence-electron chi connectivity index (χ4n) is 3.65.